The Morgan fingerprint density at radius 2 is 1.69 bits per heavy atom. The summed E-state index contributed by atoms with van der Waals surface area (Å²) in [5.74, 6) is 0. The summed E-state index contributed by atoms with van der Waals surface area (Å²) < 4.78 is 0. The van der Waals surface area contributed by atoms with Crippen LogP contribution in [0.4, 0.5) is 0 Å². The van der Waals surface area contributed by atoms with Crippen LogP contribution in [0.2, 0.25) is 11.1 Å². The van der Waals surface area contributed by atoms with Crippen LogP contribution in [-0.4, -0.2) is 29.8 Å². The van der Waals surface area contributed by atoms with Crippen LogP contribution in [0.5, 0.6) is 0 Å². The lowest BCUT2D eigenvalue weighted by atomic mass is 10.2. The Morgan fingerprint density at radius 1 is 1.15 bits per heavy atom. The Labute approximate surface area is 85.7 Å². The van der Waals surface area contributed by atoms with Gasteiger partial charge in [0.05, 0.1) is 6.17 Å². The zero-order valence-corrected chi connectivity index (χ0v) is 11.3. The number of hydrogen-bond donors (Lipinski definition) is 2. The summed E-state index contributed by atoms with van der Waals surface area (Å²) in [6, 6.07) is 1.48. The van der Waals surface area contributed by atoms with Gasteiger partial charge in [0.2, 0.25) is 0 Å². The number of nitrogens with one attached hydrogen (secondary N) is 2. The number of rotatable bonds is 6. The lowest BCUT2D eigenvalue weighted by Gasteiger charge is -2.18. The van der Waals surface area contributed by atoms with Gasteiger partial charge in [-0.15, -0.1) is 0 Å². The van der Waals surface area contributed by atoms with E-state index in [2.05, 4.69) is 31.4 Å². The molecule has 0 saturated carbocycles. The van der Waals surface area contributed by atoms with Gasteiger partial charge in [0, 0.05) is 9.52 Å². The third-order valence-corrected chi connectivity index (χ3v) is 4.72. The molecular formula is C10H26N2Si. The highest BCUT2D eigenvalue weighted by molar-refractivity contribution is 6.39. The molecule has 0 radical (unpaired) electrons. The summed E-state index contributed by atoms with van der Waals surface area (Å²) in [7, 11) is 4.17. The normalized spacial score (nSPS) is 13.4. The van der Waals surface area contributed by atoms with Crippen molar-refractivity contribution in [3.63, 3.8) is 0 Å². The van der Waals surface area contributed by atoms with Gasteiger partial charge in [-0.25, -0.2) is 0 Å². The molecule has 0 amide bonds. The maximum absolute atomic E-state index is 3.25. The van der Waals surface area contributed by atoms with Crippen molar-refractivity contribution in [3.8, 4) is 0 Å². The molecule has 0 aromatic carbocycles. The first-order chi connectivity index (χ1) is 5.99. The molecule has 3 heteroatoms. The van der Waals surface area contributed by atoms with Crippen molar-refractivity contribution < 1.29 is 0 Å². The lowest BCUT2D eigenvalue weighted by molar-refractivity contribution is 0.457. The van der Waals surface area contributed by atoms with E-state index in [0.29, 0.717) is 11.2 Å². The summed E-state index contributed by atoms with van der Waals surface area (Å²) in [6.45, 7) is 7.10. The molecule has 80 valence electrons. The average molecular weight is 202 g/mol. The van der Waals surface area contributed by atoms with Crippen LogP contribution in [0.1, 0.15) is 33.6 Å². The first-order valence-corrected chi connectivity index (χ1v) is 7.05. The smallest absolute Gasteiger partial charge is 0.0566 e. The van der Waals surface area contributed by atoms with E-state index in [0.717, 1.165) is 0 Å². The van der Waals surface area contributed by atoms with Gasteiger partial charge in [-0.1, -0.05) is 33.2 Å². The van der Waals surface area contributed by atoms with Crippen molar-refractivity contribution in [2.75, 3.05) is 14.1 Å². The molecule has 0 fully saturated rings. The molecule has 0 unspecified atom stereocenters. The summed E-state index contributed by atoms with van der Waals surface area (Å²) in [5.41, 5.74) is 0. The maximum Gasteiger partial charge on any atom is 0.0566 e. The van der Waals surface area contributed by atoms with Crippen molar-refractivity contribution in [1.82, 2.24) is 10.6 Å². The van der Waals surface area contributed by atoms with Crippen molar-refractivity contribution >= 4 is 9.52 Å². The van der Waals surface area contributed by atoms with Crippen LogP contribution in [-0.2, 0) is 0 Å². The zero-order chi connectivity index (χ0) is 10.3. The van der Waals surface area contributed by atoms with E-state index in [1.807, 2.05) is 14.1 Å². The fourth-order valence-corrected chi connectivity index (χ4v) is 3.04. The molecule has 13 heavy (non-hydrogen) atoms. The lowest BCUT2D eigenvalue weighted by Crippen LogP contribution is -2.37. The van der Waals surface area contributed by atoms with E-state index in [1.165, 1.54) is 18.9 Å². The van der Waals surface area contributed by atoms with Crippen molar-refractivity contribution in [2.24, 2.45) is 0 Å². The van der Waals surface area contributed by atoms with E-state index in [1.54, 1.807) is 0 Å². The Bertz CT molecular complexity index is 117. The Kier molecular flexibility index (Phi) is 6.64. The molecule has 0 atom stereocenters. The van der Waals surface area contributed by atoms with Crippen LogP contribution < -0.4 is 10.6 Å². The van der Waals surface area contributed by atoms with E-state index in [4.69, 9.17) is 0 Å². The predicted molar refractivity (Wildman–Crippen MR) is 64.2 cm³/mol. The fourth-order valence-electron chi connectivity index (χ4n) is 1.44. The van der Waals surface area contributed by atoms with E-state index >= 15 is 0 Å². The van der Waals surface area contributed by atoms with Crippen LogP contribution in [0.3, 0.4) is 0 Å². The Hall–Kier alpha value is 0.137. The molecule has 0 aromatic rings. The summed E-state index contributed by atoms with van der Waals surface area (Å²) in [5, 5.41) is 7.14. The average Bonchev–Trinajstić information content (AvgIpc) is 2.03. The van der Waals surface area contributed by atoms with E-state index in [9.17, 15) is 0 Å². The molecule has 0 rings (SSSR count). The minimum atomic E-state index is 0.136. The Balaban J connectivity index is 3.34. The molecule has 0 heterocycles. The van der Waals surface area contributed by atoms with Gasteiger partial charge in [-0.2, -0.15) is 0 Å². The highest BCUT2D eigenvalue weighted by Gasteiger charge is 2.10. The zero-order valence-electron chi connectivity index (χ0n) is 9.91. The number of hydrogen-bond acceptors (Lipinski definition) is 2. The van der Waals surface area contributed by atoms with Gasteiger partial charge >= 0.3 is 0 Å². The Morgan fingerprint density at radius 3 is 2.08 bits per heavy atom. The van der Waals surface area contributed by atoms with Gasteiger partial charge in [-0.3, -0.25) is 0 Å². The van der Waals surface area contributed by atoms with Gasteiger partial charge in [0.15, 0.2) is 0 Å². The van der Waals surface area contributed by atoms with E-state index in [-0.39, 0.29) is 9.52 Å². The minimum Gasteiger partial charge on any atom is -0.305 e. The van der Waals surface area contributed by atoms with Gasteiger partial charge in [0.1, 0.15) is 0 Å². The van der Waals surface area contributed by atoms with Crippen LogP contribution >= 0.6 is 0 Å². The quantitative estimate of drug-likeness (QED) is 0.386. The first kappa shape index (κ1) is 13.1. The SMILES string of the molecule is CNC(CCC[SiH2]C(C)(C)C)NC. The topological polar surface area (TPSA) is 24.1 Å². The van der Waals surface area contributed by atoms with Crippen molar-refractivity contribution in [1.29, 1.82) is 0 Å². The fraction of sp³-hybridized carbons (Fsp3) is 1.00. The standard InChI is InChI=1S/C10H26N2Si/c1-10(2,3)13-8-6-7-9(11-4)12-5/h9,11-12H,6-8,13H2,1-5H3. The van der Waals surface area contributed by atoms with Crippen LogP contribution in [0, 0.1) is 0 Å². The second kappa shape index (κ2) is 6.57. The molecule has 0 aliphatic rings. The largest absolute Gasteiger partial charge is 0.305 e. The van der Waals surface area contributed by atoms with Gasteiger partial charge < -0.3 is 10.6 Å². The molecule has 0 saturated heterocycles. The molecular weight excluding hydrogens is 176 g/mol. The van der Waals surface area contributed by atoms with Crippen LogP contribution in [0.25, 0.3) is 0 Å². The summed E-state index contributed by atoms with van der Waals surface area (Å²) >= 11 is 0. The monoisotopic (exact) mass is 202 g/mol. The van der Waals surface area contributed by atoms with Gasteiger partial charge in [0.25, 0.3) is 0 Å². The molecule has 0 bridgehead atoms. The molecule has 0 aliphatic heterocycles. The third kappa shape index (κ3) is 8.47. The van der Waals surface area contributed by atoms with Gasteiger partial charge in [-0.05, 0) is 25.6 Å². The minimum absolute atomic E-state index is 0.136. The summed E-state index contributed by atoms with van der Waals surface area (Å²) in [6.07, 6.45) is 3.14. The third-order valence-electron chi connectivity index (χ3n) is 2.37. The summed E-state index contributed by atoms with van der Waals surface area (Å²) in [4.78, 5) is 0. The first-order valence-electron chi connectivity index (χ1n) is 5.34. The molecule has 0 spiro atoms. The highest BCUT2D eigenvalue weighted by atomic mass is 28.2. The second-order valence-corrected chi connectivity index (χ2v) is 8.26. The van der Waals surface area contributed by atoms with E-state index < -0.39 is 0 Å². The molecule has 2 nitrogen and oxygen atoms in total. The highest BCUT2D eigenvalue weighted by Crippen LogP contribution is 2.22. The maximum atomic E-state index is 3.25. The predicted octanol–water partition coefficient (Wildman–Crippen LogP) is 1.34. The molecule has 0 aromatic heterocycles. The van der Waals surface area contributed by atoms with Crippen LogP contribution in [0.15, 0.2) is 0 Å². The van der Waals surface area contributed by atoms with Crippen molar-refractivity contribution in [2.45, 2.75) is 50.9 Å². The molecule has 2 N–H and O–H groups in total. The molecule has 0 aliphatic carbocycles. The van der Waals surface area contributed by atoms with Crippen molar-refractivity contribution in [3.05, 3.63) is 0 Å². The second-order valence-electron chi connectivity index (χ2n) is 4.94.